The van der Waals surface area contributed by atoms with Crippen molar-refractivity contribution in [2.24, 2.45) is 0 Å². The first-order valence-corrected chi connectivity index (χ1v) is 8.67. The van der Waals surface area contributed by atoms with Crippen molar-refractivity contribution in [3.63, 3.8) is 0 Å². The van der Waals surface area contributed by atoms with Crippen molar-refractivity contribution >= 4 is 17.8 Å². The summed E-state index contributed by atoms with van der Waals surface area (Å²) in [6.07, 6.45) is 8.45. The lowest BCUT2D eigenvalue weighted by Gasteiger charge is -2.18. The molecule has 6 nitrogen and oxygen atoms in total. The van der Waals surface area contributed by atoms with E-state index in [1.165, 1.54) is 6.92 Å². The second kappa shape index (κ2) is 9.29. The van der Waals surface area contributed by atoms with E-state index in [-0.39, 0.29) is 12.0 Å². The molecule has 1 atom stereocenters. The monoisotopic (exact) mass is 381 g/mol. The van der Waals surface area contributed by atoms with Gasteiger partial charge in [0.15, 0.2) is 0 Å². The van der Waals surface area contributed by atoms with Gasteiger partial charge in [-0.3, -0.25) is 10.1 Å². The fourth-order valence-corrected chi connectivity index (χ4v) is 2.47. The third kappa shape index (κ3) is 6.84. The van der Waals surface area contributed by atoms with E-state index in [2.05, 4.69) is 31.7 Å². The quantitative estimate of drug-likeness (QED) is 0.738. The van der Waals surface area contributed by atoms with E-state index in [1.54, 1.807) is 0 Å². The van der Waals surface area contributed by atoms with Gasteiger partial charge >= 0.3 is 6.18 Å². The molecule has 0 fully saturated rings. The van der Waals surface area contributed by atoms with Crippen molar-refractivity contribution < 1.29 is 18.0 Å². The fourth-order valence-electron chi connectivity index (χ4n) is 2.47. The van der Waals surface area contributed by atoms with Gasteiger partial charge in [0.2, 0.25) is 23.6 Å². The van der Waals surface area contributed by atoms with Crippen LogP contribution in [-0.4, -0.2) is 26.9 Å². The number of rotatable bonds is 7. The molecule has 1 amide bonds. The van der Waals surface area contributed by atoms with Gasteiger partial charge in [0, 0.05) is 13.0 Å². The first kappa shape index (κ1) is 20.6. The highest BCUT2D eigenvalue weighted by atomic mass is 19.4. The van der Waals surface area contributed by atoms with Crippen LogP contribution < -0.4 is 10.6 Å². The van der Waals surface area contributed by atoms with Crippen molar-refractivity contribution in [2.75, 3.05) is 10.6 Å². The van der Waals surface area contributed by atoms with Crippen LogP contribution in [0.3, 0.4) is 0 Å². The van der Waals surface area contributed by atoms with Crippen LogP contribution in [0.4, 0.5) is 25.1 Å². The lowest BCUT2D eigenvalue weighted by atomic mass is 10.0. The van der Waals surface area contributed by atoms with E-state index >= 15 is 0 Å². The van der Waals surface area contributed by atoms with Gasteiger partial charge in [-0.25, -0.2) is 0 Å². The second-order valence-electron chi connectivity index (χ2n) is 6.08. The number of carbonyl (C=O) groups is 1. The van der Waals surface area contributed by atoms with E-state index in [4.69, 9.17) is 0 Å². The molecule has 1 aliphatic carbocycles. The Hall–Kier alpha value is -2.71. The van der Waals surface area contributed by atoms with E-state index in [1.807, 2.05) is 31.2 Å². The maximum Gasteiger partial charge on any atom is 0.451 e. The number of amides is 1. The Balaban J connectivity index is 2.13. The van der Waals surface area contributed by atoms with Gasteiger partial charge in [0.1, 0.15) is 0 Å². The van der Waals surface area contributed by atoms with Gasteiger partial charge in [0.05, 0.1) is 0 Å². The minimum Gasteiger partial charge on any atom is -0.351 e. The average molecular weight is 381 g/mol. The van der Waals surface area contributed by atoms with Crippen LogP contribution in [0.15, 0.2) is 36.0 Å². The van der Waals surface area contributed by atoms with Crippen molar-refractivity contribution in [3.05, 3.63) is 41.8 Å². The number of anilines is 2. The summed E-state index contributed by atoms with van der Waals surface area (Å²) in [5, 5.41) is 5.10. The standard InChI is InChI=1S/C18H22F3N5O/c1-3-14(11-10-13-8-6-4-5-7-9-13)23-17-25-15(18(19,20)21)24-16(26-17)22-12(2)27/h4,6-9,14H,3,5,10-11H2,1-2H3,(H2,22,23,24,25,26,27). The number of aromatic nitrogens is 3. The Kier molecular flexibility index (Phi) is 7.09. The van der Waals surface area contributed by atoms with Crippen LogP contribution in [0, 0.1) is 0 Å². The molecule has 0 bridgehead atoms. The summed E-state index contributed by atoms with van der Waals surface area (Å²) in [6.45, 7) is 3.09. The van der Waals surface area contributed by atoms with Gasteiger partial charge in [-0.1, -0.05) is 37.3 Å². The Bertz CT molecular complexity index is 756. The highest BCUT2D eigenvalue weighted by Gasteiger charge is 2.36. The molecule has 2 N–H and O–H groups in total. The Labute approximate surface area is 155 Å². The van der Waals surface area contributed by atoms with E-state index in [9.17, 15) is 18.0 Å². The number of hydrogen-bond donors (Lipinski definition) is 2. The number of halogens is 3. The summed E-state index contributed by atoms with van der Waals surface area (Å²) in [6, 6.07) is -0.125. The smallest absolute Gasteiger partial charge is 0.351 e. The van der Waals surface area contributed by atoms with E-state index in [0.29, 0.717) is 12.8 Å². The molecule has 0 aromatic carbocycles. The lowest BCUT2D eigenvalue weighted by Crippen LogP contribution is -2.23. The minimum absolute atomic E-state index is 0.125. The number of nitrogens with one attached hydrogen (secondary N) is 2. The molecule has 0 aliphatic heterocycles. The molecule has 1 heterocycles. The number of alkyl halides is 3. The zero-order valence-corrected chi connectivity index (χ0v) is 15.2. The molecule has 9 heteroatoms. The zero-order chi connectivity index (χ0) is 19.9. The van der Waals surface area contributed by atoms with Crippen LogP contribution >= 0.6 is 0 Å². The summed E-state index contributed by atoms with van der Waals surface area (Å²) >= 11 is 0. The topological polar surface area (TPSA) is 79.8 Å². The lowest BCUT2D eigenvalue weighted by molar-refractivity contribution is -0.145. The molecule has 2 rings (SSSR count). The summed E-state index contributed by atoms with van der Waals surface area (Å²) < 4.78 is 39.1. The molecule has 27 heavy (non-hydrogen) atoms. The number of allylic oxidation sites excluding steroid dienone is 6. The van der Waals surface area contributed by atoms with Gasteiger partial charge in [0.25, 0.3) is 0 Å². The third-order valence-corrected chi connectivity index (χ3v) is 3.83. The molecule has 0 saturated carbocycles. The number of carbonyl (C=O) groups excluding carboxylic acids is 1. The Morgan fingerprint density at radius 1 is 1.22 bits per heavy atom. The van der Waals surface area contributed by atoms with Gasteiger partial charge < -0.3 is 5.32 Å². The molecule has 1 aromatic heterocycles. The fraction of sp³-hybridized carbons (Fsp3) is 0.444. The zero-order valence-electron chi connectivity index (χ0n) is 15.2. The van der Waals surface area contributed by atoms with Crippen LogP contribution in [-0.2, 0) is 11.0 Å². The molecule has 0 saturated heterocycles. The SMILES string of the molecule is CCC(CCC1=CC=CCC=C1)Nc1nc(NC(C)=O)nc(C(F)(F)F)n1. The summed E-state index contributed by atoms with van der Waals surface area (Å²) in [5.41, 5.74) is 1.15. The molecule has 1 aliphatic rings. The van der Waals surface area contributed by atoms with Crippen LogP contribution in [0.5, 0.6) is 0 Å². The number of nitrogens with zero attached hydrogens (tertiary/aromatic N) is 3. The second-order valence-corrected chi connectivity index (χ2v) is 6.08. The predicted molar refractivity (Wildman–Crippen MR) is 97.0 cm³/mol. The summed E-state index contributed by atoms with van der Waals surface area (Å²) in [5.74, 6) is -2.55. The van der Waals surface area contributed by atoms with Crippen molar-refractivity contribution in [2.45, 2.75) is 51.7 Å². The summed E-state index contributed by atoms with van der Waals surface area (Å²) in [7, 11) is 0. The molecule has 1 unspecified atom stereocenters. The normalized spacial score (nSPS) is 15.1. The molecule has 0 spiro atoms. The highest BCUT2D eigenvalue weighted by Crippen LogP contribution is 2.27. The minimum atomic E-state index is -4.74. The first-order chi connectivity index (χ1) is 12.8. The van der Waals surface area contributed by atoms with Crippen molar-refractivity contribution in [1.29, 1.82) is 0 Å². The maximum absolute atomic E-state index is 13.0. The molecule has 0 radical (unpaired) electrons. The van der Waals surface area contributed by atoms with Gasteiger partial charge in [-0.05, 0) is 31.3 Å². The van der Waals surface area contributed by atoms with Gasteiger partial charge in [-0.2, -0.15) is 28.1 Å². The van der Waals surface area contributed by atoms with Crippen LogP contribution in [0.2, 0.25) is 0 Å². The predicted octanol–water partition coefficient (Wildman–Crippen LogP) is 4.26. The molecular formula is C18H22F3N5O. The molecule has 1 aromatic rings. The Morgan fingerprint density at radius 3 is 2.63 bits per heavy atom. The van der Waals surface area contributed by atoms with E-state index in [0.717, 1.165) is 18.4 Å². The van der Waals surface area contributed by atoms with Crippen LogP contribution in [0.25, 0.3) is 0 Å². The van der Waals surface area contributed by atoms with Crippen molar-refractivity contribution in [1.82, 2.24) is 15.0 Å². The van der Waals surface area contributed by atoms with Gasteiger partial charge in [-0.15, -0.1) is 0 Å². The third-order valence-electron chi connectivity index (χ3n) is 3.83. The van der Waals surface area contributed by atoms with Crippen LogP contribution in [0.1, 0.15) is 45.4 Å². The molecule has 146 valence electrons. The largest absolute Gasteiger partial charge is 0.451 e. The highest BCUT2D eigenvalue weighted by molar-refractivity contribution is 5.86. The number of hydrogen-bond acceptors (Lipinski definition) is 5. The average Bonchev–Trinajstić information content (AvgIpc) is 2.85. The summed E-state index contributed by atoms with van der Waals surface area (Å²) in [4.78, 5) is 21.7. The van der Waals surface area contributed by atoms with E-state index < -0.39 is 23.9 Å². The van der Waals surface area contributed by atoms with Crippen molar-refractivity contribution in [3.8, 4) is 0 Å². The Morgan fingerprint density at radius 2 is 1.96 bits per heavy atom. The maximum atomic E-state index is 13.0. The molecular weight excluding hydrogens is 359 g/mol. The first-order valence-electron chi connectivity index (χ1n) is 8.67.